The maximum atomic E-state index is 12.3. The predicted molar refractivity (Wildman–Crippen MR) is 76.9 cm³/mol. The summed E-state index contributed by atoms with van der Waals surface area (Å²) in [7, 11) is 0. The van der Waals surface area contributed by atoms with Crippen LogP contribution in [-0.4, -0.2) is 34.1 Å². The Balaban J connectivity index is 2.13. The number of carboxylic acid groups (broad SMARTS) is 2. The lowest BCUT2D eigenvalue weighted by atomic mass is 9.94. The molecule has 21 heavy (non-hydrogen) atoms. The minimum Gasteiger partial charge on any atom is -0.481 e. The number of carboxylic acids is 2. The van der Waals surface area contributed by atoms with Crippen molar-refractivity contribution in [1.29, 1.82) is 0 Å². The molecular formula is C14H14BrNO5. The second-order valence-corrected chi connectivity index (χ2v) is 5.97. The van der Waals surface area contributed by atoms with Crippen LogP contribution in [-0.2, 0) is 19.8 Å². The summed E-state index contributed by atoms with van der Waals surface area (Å²) in [5.74, 6) is -3.05. The van der Waals surface area contributed by atoms with Crippen LogP contribution >= 0.6 is 15.9 Å². The molecule has 0 saturated heterocycles. The van der Waals surface area contributed by atoms with Crippen molar-refractivity contribution in [2.45, 2.75) is 30.7 Å². The molecule has 0 bridgehead atoms. The Kier molecular flexibility index (Phi) is 4.32. The molecule has 0 spiro atoms. The molecule has 1 saturated carbocycles. The van der Waals surface area contributed by atoms with Crippen molar-refractivity contribution in [3.8, 4) is 0 Å². The number of carbonyl (C=O) groups is 3. The predicted octanol–water partition coefficient (Wildman–Crippen LogP) is 1.52. The van der Waals surface area contributed by atoms with Crippen LogP contribution in [0.4, 0.5) is 0 Å². The Labute approximate surface area is 129 Å². The molecule has 1 fully saturated rings. The van der Waals surface area contributed by atoms with Gasteiger partial charge in [-0.2, -0.15) is 0 Å². The van der Waals surface area contributed by atoms with E-state index >= 15 is 0 Å². The first-order chi connectivity index (χ1) is 9.85. The van der Waals surface area contributed by atoms with E-state index in [1.807, 2.05) is 24.3 Å². The quantitative estimate of drug-likeness (QED) is 0.717. The van der Waals surface area contributed by atoms with E-state index in [9.17, 15) is 14.4 Å². The number of benzene rings is 1. The average molecular weight is 356 g/mol. The molecule has 1 aromatic rings. The highest BCUT2D eigenvalue weighted by molar-refractivity contribution is 9.10. The standard InChI is InChI=1S/C14H14BrNO5/c15-9-3-1-8(2-4-9)14(5-6-14)13(21)16-10(12(19)20)7-11(17)18/h1-4,10H,5-7H2,(H,16,21)(H,17,18)(H,19,20)/t10-/m0/s1. The van der Waals surface area contributed by atoms with E-state index in [-0.39, 0.29) is 0 Å². The van der Waals surface area contributed by atoms with Gasteiger partial charge in [-0.25, -0.2) is 4.79 Å². The first-order valence-electron chi connectivity index (χ1n) is 6.37. The Hall–Kier alpha value is -1.89. The molecule has 0 radical (unpaired) electrons. The van der Waals surface area contributed by atoms with E-state index in [4.69, 9.17) is 10.2 Å². The maximum absolute atomic E-state index is 12.3. The lowest BCUT2D eigenvalue weighted by Crippen LogP contribution is -2.46. The number of carbonyl (C=O) groups excluding carboxylic acids is 1. The highest BCUT2D eigenvalue weighted by Gasteiger charge is 2.52. The van der Waals surface area contributed by atoms with Gasteiger partial charge in [0.15, 0.2) is 0 Å². The Morgan fingerprint density at radius 1 is 1.19 bits per heavy atom. The van der Waals surface area contributed by atoms with Gasteiger partial charge in [-0.15, -0.1) is 0 Å². The van der Waals surface area contributed by atoms with Crippen LogP contribution in [0.15, 0.2) is 28.7 Å². The Morgan fingerprint density at radius 3 is 2.19 bits per heavy atom. The zero-order chi connectivity index (χ0) is 15.6. The molecule has 1 aliphatic carbocycles. The molecular weight excluding hydrogens is 342 g/mol. The molecule has 112 valence electrons. The number of amides is 1. The number of rotatable bonds is 6. The molecule has 0 aliphatic heterocycles. The van der Waals surface area contributed by atoms with Crippen molar-refractivity contribution < 1.29 is 24.6 Å². The van der Waals surface area contributed by atoms with Gasteiger partial charge < -0.3 is 15.5 Å². The van der Waals surface area contributed by atoms with Gasteiger partial charge in [-0.05, 0) is 30.5 Å². The van der Waals surface area contributed by atoms with E-state index in [2.05, 4.69) is 21.2 Å². The third-order valence-corrected chi connectivity index (χ3v) is 4.09. The van der Waals surface area contributed by atoms with Crippen molar-refractivity contribution in [3.63, 3.8) is 0 Å². The van der Waals surface area contributed by atoms with E-state index in [0.29, 0.717) is 12.8 Å². The van der Waals surface area contributed by atoms with Gasteiger partial charge in [0.2, 0.25) is 5.91 Å². The van der Waals surface area contributed by atoms with Crippen LogP contribution in [0.1, 0.15) is 24.8 Å². The van der Waals surface area contributed by atoms with Gasteiger partial charge in [0, 0.05) is 4.47 Å². The third-order valence-electron chi connectivity index (χ3n) is 3.56. The van der Waals surface area contributed by atoms with Crippen molar-refractivity contribution in [1.82, 2.24) is 5.32 Å². The minimum absolute atomic E-state index is 0.432. The molecule has 1 aliphatic rings. The summed E-state index contributed by atoms with van der Waals surface area (Å²) < 4.78 is 0.886. The molecule has 0 unspecified atom stereocenters. The molecule has 1 atom stereocenters. The average Bonchev–Trinajstić information content (AvgIpc) is 3.19. The number of halogens is 1. The monoisotopic (exact) mass is 355 g/mol. The minimum atomic E-state index is -1.41. The van der Waals surface area contributed by atoms with E-state index < -0.39 is 35.7 Å². The normalized spacial score (nSPS) is 16.8. The van der Waals surface area contributed by atoms with Crippen LogP contribution in [0.25, 0.3) is 0 Å². The van der Waals surface area contributed by atoms with Crippen LogP contribution in [0.2, 0.25) is 0 Å². The second-order valence-electron chi connectivity index (χ2n) is 5.05. The fourth-order valence-corrected chi connectivity index (χ4v) is 2.48. The number of hydrogen-bond acceptors (Lipinski definition) is 3. The fraction of sp³-hybridized carbons (Fsp3) is 0.357. The lowest BCUT2D eigenvalue weighted by molar-refractivity contribution is -0.147. The summed E-state index contributed by atoms with van der Waals surface area (Å²) in [6.45, 7) is 0. The third kappa shape index (κ3) is 3.41. The lowest BCUT2D eigenvalue weighted by Gasteiger charge is -2.19. The molecule has 6 nitrogen and oxygen atoms in total. The summed E-state index contributed by atoms with van der Waals surface area (Å²) in [5.41, 5.74) is 0.0788. The van der Waals surface area contributed by atoms with E-state index in [1.165, 1.54) is 0 Å². The van der Waals surface area contributed by atoms with Crippen LogP contribution in [0, 0.1) is 0 Å². The zero-order valence-corrected chi connectivity index (χ0v) is 12.6. The highest BCUT2D eigenvalue weighted by Crippen LogP contribution is 2.48. The van der Waals surface area contributed by atoms with Crippen LogP contribution in [0.5, 0.6) is 0 Å². The van der Waals surface area contributed by atoms with Crippen LogP contribution < -0.4 is 5.32 Å². The first kappa shape index (κ1) is 15.5. The van der Waals surface area contributed by atoms with Crippen molar-refractivity contribution in [2.75, 3.05) is 0 Å². The molecule has 3 N–H and O–H groups in total. The summed E-state index contributed by atoms with van der Waals surface area (Å²) in [5, 5.41) is 20.0. The summed E-state index contributed by atoms with van der Waals surface area (Å²) in [4.78, 5) is 34.0. The molecule has 7 heteroatoms. The molecule has 0 heterocycles. The van der Waals surface area contributed by atoms with Gasteiger partial charge in [-0.3, -0.25) is 9.59 Å². The smallest absolute Gasteiger partial charge is 0.326 e. The van der Waals surface area contributed by atoms with Crippen molar-refractivity contribution in [3.05, 3.63) is 34.3 Å². The summed E-state index contributed by atoms with van der Waals surface area (Å²) in [6, 6.07) is 5.83. The van der Waals surface area contributed by atoms with Gasteiger partial charge in [0.25, 0.3) is 0 Å². The topological polar surface area (TPSA) is 104 Å². The van der Waals surface area contributed by atoms with E-state index in [0.717, 1.165) is 10.0 Å². The molecule has 1 aromatic carbocycles. The van der Waals surface area contributed by atoms with Crippen molar-refractivity contribution >= 4 is 33.8 Å². The number of hydrogen-bond donors (Lipinski definition) is 3. The zero-order valence-electron chi connectivity index (χ0n) is 11.0. The maximum Gasteiger partial charge on any atom is 0.326 e. The first-order valence-corrected chi connectivity index (χ1v) is 7.16. The van der Waals surface area contributed by atoms with Gasteiger partial charge in [-0.1, -0.05) is 28.1 Å². The summed E-state index contributed by atoms with van der Waals surface area (Å²) >= 11 is 3.31. The highest BCUT2D eigenvalue weighted by atomic mass is 79.9. The van der Waals surface area contributed by atoms with Crippen LogP contribution in [0.3, 0.4) is 0 Å². The summed E-state index contributed by atoms with van der Waals surface area (Å²) in [6.07, 6.45) is 0.608. The molecule has 1 amide bonds. The Morgan fingerprint density at radius 2 is 1.76 bits per heavy atom. The number of nitrogens with one attached hydrogen (secondary N) is 1. The SMILES string of the molecule is O=C(O)C[C@H](NC(=O)C1(c2ccc(Br)cc2)CC1)C(=O)O. The van der Waals surface area contributed by atoms with Crippen molar-refractivity contribution in [2.24, 2.45) is 0 Å². The fourth-order valence-electron chi connectivity index (χ4n) is 2.21. The molecule has 2 rings (SSSR count). The van der Waals surface area contributed by atoms with Gasteiger partial charge >= 0.3 is 11.9 Å². The van der Waals surface area contributed by atoms with E-state index in [1.54, 1.807) is 0 Å². The Bertz CT molecular complexity index is 580. The second kappa shape index (κ2) is 5.85. The van der Waals surface area contributed by atoms with Gasteiger partial charge in [0.1, 0.15) is 6.04 Å². The largest absolute Gasteiger partial charge is 0.481 e. The number of aliphatic carboxylic acids is 2. The van der Waals surface area contributed by atoms with Gasteiger partial charge in [0.05, 0.1) is 11.8 Å². The molecule has 0 aromatic heterocycles.